The zero-order valence-corrected chi connectivity index (χ0v) is 29.6. The van der Waals surface area contributed by atoms with Gasteiger partial charge in [-0.1, -0.05) is 63.2 Å². The van der Waals surface area contributed by atoms with Crippen molar-refractivity contribution >= 4 is 11.9 Å². The summed E-state index contributed by atoms with van der Waals surface area (Å²) in [6.07, 6.45) is 10.5. The molecule has 1 aliphatic heterocycles. The molecule has 2 aliphatic carbocycles. The van der Waals surface area contributed by atoms with Crippen molar-refractivity contribution in [3.63, 3.8) is 0 Å². The molecule has 6 rings (SSSR count). The SMILES string of the molecule is CCC(CC(C)(CC(C)c1ccc(O)cc1)C(=O)OC1(CC)CCCC1)c1ccc(COc2cccc3c2C(=O)OC2(CCCC2)O3)cc1. The molecule has 2 fully saturated rings. The Labute approximate surface area is 291 Å². The lowest BCUT2D eigenvalue weighted by atomic mass is 9.71. The maximum atomic E-state index is 14.2. The Morgan fingerprint density at radius 2 is 1.53 bits per heavy atom. The first-order chi connectivity index (χ1) is 23.6. The topological polar surface area (TPSA) is 91.3 Å². The number of phenols is 1. The number of ether oxygens (including phenoxy) is 4. The number of hydrogen-bond donors (Lipinski definition) is 1. The van der Waals surface area contributed by atoms with E-state index in [1.807, 2.05) is 24.3 Å². The van der Waals surface area contributed by atoms with Gasteiger partial charge in [-0.05, 0) is 124 Å². The van der Waals surface area contributed by atoms with Crippen LogP contribution in [0, 0.1) is 5.41 Å². The molecule has 0 bridgehead atoms. The van der Waals surface area contributed by atoms with E-state index in [-0.39, 0.29) is 35.1 Å². The summed E-state index contributed by atoms with van der Waals surface area (Å²) < 4.78 is 24.6. The molecule has 3 aromatic carbocycles. The minimum absolute atomic E-state index is 0.0992. The first-order valence-electron chi connectivity index (χ1n) is 18.4. The Bertz CT molecular complexity index is 1600. The Hall–Kier alpha value is -4.00. The van der Waals surface area contributed by atoms with E-state index in [4.69, 9.17) is 18.9 Å². The molecule has 1 heterocycles. The van der Waals surface area contributed by atoms with Gasteiger partial charge in [0.15, 0.2) is 0 Å². The quantitative estimate of drug-likeness (QED) is 0.181. The van der Waals surface area contributed by atoms with Gasteiger partial charge in [-0.15, -0.1) is 0 Å². The Morgan fingerprint density at radius 3 is 2.18 bits per heavy atom. The zero-order chi connectivity index (χ0) is 34.6. The van der Waals surface area contributed by atoms with Gasteiger partial charge >= 0.3 is 11.9 Å². The van der Waals surface area contributed by atoms with Gasteiger partial charge in [0, 0.05) is 12.8 Å². The molecule has 49 heavy (non-hydrogen) atoms. The molecule has 7 nitrogen and oxygen atoms in total. The molecule has 7 heteroatoms. The van der Waals surface area contributed by atoms with Crippen molar-refractivity contribution < 1.29 is 33.6 Å². The third kappa shape index (κ3) is 7.61. The van der Waals surface area contributed by atoms with Crippen LogP contribution in [0.2, 0.25) is 0 Å². The Balaban J connectivity index is 1.16. The number of carbonyl (C=O) groups excluding carboxylic acids is 2. The molecule has 3 atom stereocenters. The average molecular weight is 669 g/mol. The van der Waals surface area contributed by atoms with E-state index < -0.39 is 11.2 Å². The number of phenolic OH excluding ortho intramolecular Hbond substituents is 1. The van der Waals surface area contributed by atoms with Crippen LogP contribution in [0.3, 0.4) is 0 Å². The van der Waals surface area contributed by atoms with Crippen molar-refractivity contribution in [1.82, 2.24) is 0 Å². The molecule has 0 aromatic heterocycles. The van der Waals surface area contributed by atoms with Crippen molar-refractivity contribution in [2.75, 3.05) is 0 Å². The van der Waals surface area contributed by atoms with Gasteiger partial charge in [-0.2, -0.15) is 0 Å². The van der Waals surface area contributed by atoms with Crippen LogP contribution in [-0.4, -0.2) is 28.4 Å². The van der Waals surface area contributed by atoms with Crippen LogP contribution >= 0.6 is 0 Å². The summed E-state index contributed by atoms with van der Waals surface area (Å²) in [6.45, 7) is 8.84. The molecule has 3 unspecified atom stereocenters. The second-order valence-electron chi connectivity index (χ2n) is 15.0. The van der Waals surface area contributed by atoms with E-state index in [1.54, 1.807) is 18.2 Å². The summed E-state index contributed by atoms with van der Waals surface area (Å²) in [7, 11) is 0. The van der Waals surface area contributed by atoms with E-state index in [0.29, 0.717) is 49.4 Å². The number of fused-ring (bicyclic) bond motifs is 1. The Kier molecular flexibility index (Phi) is 10.3. The van der Waals surface area contributed by atoms with Gasteiger partial charge < -0.3 is 24.1 Å². The third-order valence-electron chi connectivity index (χ3n) is 11.3. The zero-order valence-electron chi connectivity index (χ0n) is 29.6. The lowest BCUT2D eigenvalue weighted by molar-refractivity contribution is -0.173. The smallest absolute Gasteiger partial charge is 0.349 e. The lowest BCUT2D eigenvalue weighted by Gasteiger charge is -2.38. The van der Waals surface area contributed by atoms with Crippen molar-refractivity contribution in [3.8, 4) is 17.2 Å². The van der Waals surface area contributed by atoms with E-state index in [0.717, 1.165) is 62.5 Å². The van der Waals surface area contributed by atoms with Crippen molar-refractivity contribution in [2.24, 2.45) is 5.41 Å². The molecule has 0 saturated heterocycles. The van der Waals surface area contributed by atoms with Crippen molar-refractivity contribution in [3.05, 3.63) is 89.0 Å². The minimum Gasteiger partial charge on any atom is -0.508 e. The van der Waals surface area contributed by atoms with Gasteiger partial charge in [0.25, 0.3) is 5.79 Å². The van der Waals surface area contributed by atoms with Crippen LogP contribution in [0.1, 0.15) is 144 Å². The molecule has 0 amide bonds. The van der Waals surface area contributed by atoms with E-state index in [1.165, 1.54) is 5.56 Å². The highest BCUT2D eigenvalue weighted by atomic mass is 16.7. The minimum atomic E-state index is -0.835. The number of esters is 2. The average Bonchev–Trinajstić information content (AvgIpc) is 3.76. The fourth-order valence-corrected chi connectivity index (χ4v) is 8.28. The molecule has 1 N–H and O–H groups in total. The standard InChI is InChI=1S/C42H52O7/c1-5-31(27-40(4,26-29(3)32-18-20-34(43)21-19-32)39(45)49-41(6-2)22-7-8-23-41)33-16-14-30(15-17-33)28-46-35-12-11-13-36-37(35)38(44)48-42(47-36)24-9-10-25-42/h11-21,29,31,43H,5-10,22-28H2,1-4H3. The van der Waals surface area contributed by atoms with Crippen LogP contribution in [0.5, 0.6) is 17.2 Å². The van der Waals surface area contributed by atoms with Crippen molar-refractivity contribution in [2.45, 2.75) is 135 Å². The van der Waals surface area contributed by atoms with Crippen molar-refractivity contribution in [1.29, 1.82) is 0 Å². The second kappa shape index (κ2) is 14.5. The summed E-state index contributed by atoms with van der Waals surface area (Å²) in [5, 5.41) is 9.85. The number of rotatable bonds is 13. The second-order valence-corrected chi connectivity index (χ2v) is 15.0. The number of carbonyl (C=O) groups is 2. The van der Waals surface area contributed by atoms with Crippen LogP contribution in [-0.2, 0) is 20.9 Å². The predicted octanol–water partition coefficient (Wildman–Crippen LogP) is 10.1. The van der Waals surface area contributed by atoms with Crippen LogP contribution in [0.25, 0.3) is 0 Å². The first kappa shape index (κ1) is 34.8. The maximum absolute atomic E-state index is 14.2. The highest BCUT2D eigenvalue weighted by Gasteiger charge is 2.46. The normalized spacial score (nSPS) is 20.0. The predicted molar refractivity (Wildman–Crippen MR) is 189 cm³/mol. The monoisotopic (exact) mass is 668 g/mol. The molecule has 0 radical (unpaired) electrons. The number of benzene rings is 3. The van der Waals surface area contributed by atoms with Gasteiger partial charge in [-0.3, -0.25) is 4.79 Å². The maximum Gasteiger partial charge on any atom is 0.349 e. The molecule has 262 valence electrons. The fraction of sp³-hybridized carbons (Fsp3) is 0.524. The van der Waals surface area contributed by atoms with Crippen LogP contribution < -0.4 is 9.47 Å². The van der Waals surface area contributed by atoms with Gasteiger partial charge in [0.1, 0.15) is 35.0 Å². The summed E-state index contributed by atoms with van der Waals surface area (Å²) in [4.78, 5) is 27.3. The van der Waals surface area contributed by atoms with Gasteiger partial charge in [0.05, 0.1) is 5.41 Å². The number of aromatic hydroxyl groups is 1. The molecular formula is C42H52O7. The summed E-state index contributed by atoms with van der Waals surface area (Å²) >= 11 is 0. The largest absolute Gasteiger partial charge is 0.508 e. The lowest BCUT2D eigenvalue weighted by Crippen LogP contribution is -2.42. The molecular weight excluding hydrogens is 616 g/mol. The Morgan fingerprint density at radius 1 is 0.878 bits per heavy atom. The summed E-state index contributed by atoms with van der Waals surface area (Å²) in [5.41, 5.74) is 2.52. The fourth-order valence-electron chi connectivity index (χ4n) is 8.28. The van der Waals surface area contributed by atoms with Crippen LogP contribution in [0.4, 0.5) is 0 Å². The molecule has 3 aliphatic rings. The van der Waals surface area contributed by atoms with Gasteiger partial charge in [0.2, 0.25) is 0 Å². The molecule has 3 aromatic rings. The summed E-state index contributed by atoms with van der Waals surface area (Å²) in [6, 6.07) is 21.2. The number of hydrogen-bond acceptors (Lipinski definition) is 7. The molecule has 2 saturated carbocycles. The van der Waals surface area contributed by atoms with Gasteiger partial charge in [-0.25, -0.2) is 4.79 Å². The van der Waals surface area contributed by atoms with Crippen LogP contribution in [0.15, 0.2) is 66.7 Å². The van der Waals surface area contributed by atoms with E-state index in [2.05, 4.69) is 52.0 Å². The highest BCUT2D eigenvalue weighted by Crippen LogP contribution is 2.46. The molecule has 1 spiro atoms. The highest BCUT2D eigenvalue weighted by molar-refractivity contribution is 5.96. The third-order valence-corrected chi connectivity index (χ3v) is 11.3. The van der Waals surface area contributed by atoms with E-state index >= 15 is 0 Å². The van der Waals surface area contributed by atoms with E-state index in [9.17, 15) is 14.7 Å². The first-order valence-corrected chi connectivity index (χ1v) is 18.4. The summed E-state index contributed by atoms with van der Waals surface area (Å²) in [5.74, 6) is 0.144.